The Morgan fingerprint density at radius 2 is 0.729 bits per heavy atom. The number of nitrogens with one attached hydrogen (secondary N) is 2. The molecule has 0 spiro atoms. The third-order valence-electron chi connectivity index (χ3n) is 12.2. The molecule has 4 N–H and O–H groups in total. The number of phenolic OH excluding ortho intramolecular Hbond substituents is 2. The number of hydrogen-bond acceptors (Lipinski definition) is 8. The lowest BCUT2D eigenvalue weighted by Crippen LogP contribution is -2.61. The molecule has 2 heterocycles. The minimum absolute atomic E-state index is 0.0107. The normalized spacial score (nSPS) is 20.3. The molecule has 0 unspecified atom stereocenters. The van der Waals surface area contributed by atoms with Crippen LogP contribution < -0.4 is 10.6 Å². The monoisotopic (exact) mass is 819 g/mol. The van der Waals surface area contributed by atoms with E-state index < -0.39 is 51.2 Å². The Hall–Kier alpha value is -3.10. The summed E-state index contributed by atoms with van der Waals surface area (Å²) < 4.78 is 13.4. The zero-order valence-electron chi connectivity index (χ0n) is 40.7. The fourth-order valence-electron chi connectivity index (χ4n) is 10.2. The van der Waals surface area contributed by atoms with Crippen LogP contribution in [0.5, 0.6) is 11.5 Å². The fourth-order valence-corrected chi connectivity index (χ4v) is 10.2. The van der Waals surface area contributed by atoms with Crippen molar-refractivity contribution in [2.45, 2.75) is 233 Å². The van der Waals surface area contributed by atoms with E-state index in [0.29, 0.717) is 25.7 Å². The van der Waals surface area contributed by atoms with Crippen LogP contribution in [-0.4, -0.2) is 56.5 Å². The summed E-state index contributed by atoms with van der Waals surface area (Å²) in [6, 6.07) is 7.85. The van der Waals surface area contributed by atoms with Gasteiger partial charge < -0.3 is 30.3 Å². The summed E-state index contributed by atoms with van der Waals surface area (Å²) >= 11 is 0. The highest BCUT2D eigenvalue weighted by Crippen LogP contribution is 2.46. The predicted octanol–water partition coefficient (Wildman–Crippen LogP) is 10.8. The van der Waals surface area contributed by atoms with Crippen molar-refractivity contribution in [2.75, 3.05) is 0 Å². The summed E-state index contributed by atoms with van der Waals surface area (Å²) in [5, 5.41) is 31.0. The third-order valence-corrected chi connectivity index (χ3v) is 12.2. The molecule has 2 aromatic rings. The second kappa shape index (κ2) is 15.7. The van der Waals surface area contributed by atoms with Gasteiger partial charge in [-0.15, -0.1) is 0 Å². The zero-order valence-corrected chi connectivity index (χ0v) is 40.7. The van der Waals surface area contributed by atoms with Gasteiger partial charge in [-0.3, -0.25) is 9.59 Å². The number of carbonyl (C=O) groups excluding carboxylic acids is 2. The van der Waals surface area contributed by atoms with Crippen molar-refractivity contribution in [1.82, 2.24) is 10.6 Å². The van der Waals surface area contributed by atoms with Gasteiger partial charge in [0.1, 0.15) is 23.7 Å². The molecule has 0 bridgehead atoms. The SMILES string of the molecule is CC1(C)CC(OC(=O)C(Cc2cc(C(C)(C)C)c(O)c(C(C)(C)C)c2)(Cc2cc(C(C)(C)C)c(O)c(C(C)(C)C)c2)C(=O)OC2CC(C)(C)NC(C)(C)C2)CC(C)(C)N1. The van der Waals surface area contributed by atoms with Crippen molar-refractivity contribution in [3.8, 4) is 11.5 Å². The molecule has 0 amide bonds. The van der Waals surface area contributed by atoms with Crippen molar-refractivity contribution < 1.29 is 29.3 Å². The summed E-state index contributed by atoms with van der Waals surface area (Å²) in [7, 11) is 0. The van der Waals surface area contributed by atoms with Crippen LogP contribution in [0.1, 0.15) is 198 Å². The lowest BCUT2D eigenvalue weighted by atomic mass is 9.71. The molecule has 0 aliphatic carbocycles. The van der Waals surface area contributed by atoms with Crippen molar-refractivity contribution in [3.63, 3.8) is 0 Å². The first-order valence-corrected chi connectivity index (χ1v) is 22.0. The number of esters is 2. The molecule has 2 aliphatic heterocycles. The minimum atomic E-state index is -1.83. The van der Waals surface area contributed by atoms with Gasteiger partial charge in [0, 0.05) is 47.8 Å². The number of carbonyl (C=O) groups is 2. The van der Waals surface area contributed by atoms with Gasteiger partial charge in [-0.05, 0) is 123 Å². The van der Waals surface area contributed by atoms with E-state index in [9.17, 15) is 10.2 Å². The Bertz CT molecular complexity index is 1650. The van der Waals surface area contributed by atoms with E-state index in [-0.39, 0.29) is 46.5 Å². The molecule has 59 heavy (non-hydrogen) atoms. The molecular formula is C51H82N2O6. The molecule has 0 saturated carbocycles. The Morgan fingerprint density at radius 1 is 0.508 bits per heavy atom. The summed E-state index contributed by atoms with van der Waals surface area (Å²) in [5.41, 5.74) is -0.401. The Balaban J connectivity index is 2.08. The van der Waals surface area contributed by atoms with Crippen molar-refractivity contribution >= 4 is 11.9 Å². The summed E-state index contributed by atoms with van der Waals surface area (Å²) in [4.78, 5) is 31.4. The lowest BCUT2D eigenvalue weighted by molar-refractivity contribution is -0.183. The quantitative estimate of drug-likeness (QED) is 0.154. The number of rotatable bonds is 8. The number of aromatic hydroxyl groups is 2. The molecule has 0 aromatic heterocycles. The van der Waals surface area contributed by atoms with Gasteiger partial charge in [-0.1, -0.05) is 107 Å². The second-order valence-corrected chi connectivity index (χ2v) is 25.2. The largest absolute Gasteiger partial charge is 0.507 e. The summed E-state index contributed by atoms with van der Waals surface area (Å²) in [6.07, 6.45) is 1.37. The highest BCUT2D eigenvalue weighted by Gasteiger charge is 2.53. The molecule has 2 saturated heterocycles. The topological polar surface area (TPSA) is 117 Å². The van der Waals surface area contributed by atoms with E-state index in [2.05, 4.69) is 149 Å². The van der Waals surface area contributed by atoms with E-state index in [1.165, 1.54) is 0 Å². The number of phenols is 2. The van der Waals surface area contributed by atoms with E-state index in [1.807, 2.05) is 24.3 Å². The van der Waals surface area contributed by atoms with Crippen LogP contribution in [0.3, 0.4) is 0 Å². The van der Waals surface area contributed by atoms with Crippen molar-refractivity contribution in [3.05, 3.63) is 57.6 Å². The molecular weight excluding hydrogens is 737 g/mol. The third kappa shape index (κ3) is 11.6. The van der Waals surface area contributed by atoms with Gasteiger partial charge in [-0.2, -0.15) is 0 Å². The highest BCUT2D eigenvalue weighted by molar-refractivity contribution is 6.01. The molecule has 332 valence electrons. The number of piperidine rings is 2. The minimum Gasteiger partial charge on any atom is -0.507 e. The van der Waals surface area contributed by atoms with E-state index >= 15 is 9.59 Å². The maximum atomic E-state index is 15.7. The molecule has 8 nitrogen and oxygen atoms in total. The van der Waals surface area contributed by atoms with E-state index in [0.717, 1.165) is 33.4 Å². The first-order valence-electron chi connectivity index (χ1n) is 22.0. The molecule has 0 radical (unpaired) electrons. The number of benzene rings is 2. The molecule has 4 rings (SSSR count). The van der Waals surface area contributed by atoms with Gasteiger partial charge >= 0.3 is 11.9 Å². The van der Waals surface area contributed by atoms with Crippen LogP contribution in [0.15, 0.2) is 24.3 Å². The standard InChI is InChI=1S/C51H82N2O6/c1-43(2,3)35-21-31(22-36(39(35)54)44(4,5)6)25-51(41(56)58-33-27-47(13,14)52-48(15,16)28-33,42(57)59-34-29-49(17,18)53-50(19,20)30-34)26-32-23-37(45(7,8)9)40(55)38(24-32)46(10,11)12/h21-24,33-34,52-55H,25-30H2,1-20H3. The predicted molar refractivity (Wildman–Crippen MR) is 242 cm³/mol. The van der Waals surface area contributed by atoms with Gasteiger partial charge in [0.25, 0.3) is 0 Å². The first kappa shape index (κ1) is 48.6. The first-order chi connectivity index (χ1) is 26.3. The second-order valence-electron chi connectivity index (χ2n) is 25.2. The van der Waals surface area contributed by atoms with Crippen LogP contribution >= 0.6 is 0 Å². The molecule has 2 aliphatic rings. The van der Waals surface area contributed by atoms with Gasteiger partial charge in [-0.25, -0.2) is 0 Å². The molecule has 8 heteroatoms. The van der Waals surface area contributed by atoms with Crippen LogP contribution in [0.4, 0.5) is 0 Å². The van der Waals surface area contributed by atoms with Crippen molar-refractivity contribution in [2.24, 2.45) is 5.41 Å². The molecule has 2 aromatic carbocycles. The van der Waals surface area contributed by atoms with Crippen LogP contribution in [0.25, 0.3) is 0 Å². The van der Waals surface area contributed by atoms with Crippen LogP contribution in [-0.2, 0) is 53.6 Å². The van der Waals surface area contributed by atoms with Gasteiger partial charge in [0.05, 0.1) is 0 Å². The highest BCUT2D eigenvalue weighted by atomic mass is 16.6. The zero-order chi connectivity index (χ0) is 45.3. The molecule has 0 atom stereocenters. The summed E-state index contributed by atoms with van der Waals surface area (Å²) in [6.45, 7) is 41.7. The Labute approximate surface area is 358 Å². The smallest absolute Gasteiger partial charge is 0.324 e. The average molecular weight is 819 g/mol. The lowest BCUT2D eigenvalue weighted by Gasteiger charge is -2.47. The Kier molecular flexibility index (Phi) is 12.9. The fraction of sp³-hybridized carbons (Fsp3) is 0.725. The maximum absolute atomic E-state index is 15.7. The van der Waals surface area contributed by atoms with Gasteiger partial charge in [0.15, 0.2) is 5.41 Å². The average Bonchev–Trinajstić information content (AvgIpc) is 2.96. The Morgan fingerprint density at radius 3 is 0.932 bits per heavy atom. The van der Waals surface area contributed by atoms with Crippen LogP contribution in [0.2, 0.25) is 0 Å². The van der Waals surface area contributed by atoms with Crippen LogP contribution in [0, 0.1) is 5.41 Å². The van der Waals surface area contributed by atoms with E-state index in [1.54, 1.807) is 0 Å². The van der Waals surface area contributed by atoms with Gasteiger partial charge in [0.2, 0.25) is 0 Å². The molecule has 2 fully saturated rings. The number of hydrogen-bond donors (Lipinski definition) is 4. The van der Waals surface area contributed by atoms with E-state index in [4.69, 9.17) is 9.47 Å². The van der Waals surface area contributed by atoms with Crippen molar-refractivity contribution in [1.29, 1.82) is 0 Å². The maximum Gasteiger partial charge on any atom is 0.324 e. The summed E-state index contributed by atoms with van der Waals surface area (Å²) in [5.74, 6) is -0.769. The number of ether oxygens (including phenoxy) is 2.